The molecule has 0 bridgehead atoms. The molecule has 0 radical (unpaired) electrons. The number of hydrogen-bond donors (Lipinski definition) is 1. The van der Waals surface area contributed by atoms with Crippen LogP contribution in [-0.4, -0.2) is 10.7 Å². The van der Waals surface area contributed by atoms with Gasteiger partial charge in [-0.15, -0.1) is 0 Å². The Morgan fingerprint density at radius 2 is 2.40 bits per heavy atom. The maximum atomic E-state index is 9.49. The molecule has 2 atom stereocenters. The Morgan fingerprint density at radius 3 is 2.80 bits per heavy atom. The van der Waals surface area contributed by atoms with E-state index in [0.29, 0.717) is 18.8 Å². The molecule has 1 rings (SSSR count). The molecule has 1 aliphatic rings. The zero-order valence-electron chi connectivity index (χ0n) is 6.30. The SMILES string of the molecule is C[C@@H]1CCC[C@@](O)(C#N)C1. The van der Waals surface area contributed by atoms with E-state index < -0.39 is 5.60 Å². The van der Waals surface area contributed by atoms with Crippen molar-refractivity contribution in [3.8, 4) is 6.07 Å². The first-order valence-corrected chi connectivity index (χ1v) is 3.80. The summed E-state index contributed by atoms with van der Waals surface area (Å²) in [6.07, 6.45) is 3.46. The average Bonchev–Trinajstić information content (AvgIpc) is 1.88. The molecule has 10 heavy (non-hydrogen) atoms. The lowest BCUT2D eigenvalue weighted by molar-refractivity contribution is 0.0390. The average molecular weight is 139 g/mol. The van der Waals surface area contributed by atoms with Gasteiger partial charge in [0.25, 0.3) is 0 Å². The van der Waals surface area contributed by atoms with Gasteiger partial charge in [0, 0.05) is 0 Å². The van der Waals surface area contributed by atoms with Crippen molar-refractivity contribution in [3.05, 3.63) is 0 Å². The van der Waals surface area contributed by atoms with Crippen LogP contribution in [0.4, 0.5) is 0 Å². The van der Waals surface area contributed by atoms with Crippen LogP contribution in [0.15, 0.2) is 0 Å². The predicted molar refractivity (Wildman–Crippen MR) is 38.2 cm³/mol. The number of hydrogen-bond acceptors (Lipinski definition) is 2. The van der Waals surface area contributed by atoms with Gasteiger partial charge in [-0.3, -0.25) is 0 Å². The molecule has 2 heteroatoms. The summed E-state index contributed by atoms with van der Waals surface area (Å²) in [5.41, 5.74) is -1.00. The Morgan fingerprint density at radius 1 is 1.70 bits per heavy atom. The van der Waals surface area contributed by atoms with Crippen molar-refractivity contribution in [2.24, 2.45) is 5.92 Å². The van der Waals surface area contributed by atoms with Crippen molar-refractivity contribution in [2.75, 3.05) is 0 Å². The number of nitrogens with zero attached hydrogens (tertiary/aromatic N) is 1. The summed E-state index contributed by atoms with van der Waals surface area (Å²) >= 11 is 0. The highest BCUT2D eigenvalue weighted by Gasteiger charge is 2.31. The van der Waals surface area contributed by atoms with E-state index in [4.69, 9.17) is 5.26 Å². The van der Waals surface area contributed by atoms with Gasteiger partial charge in [0.1, 0.15) is 0 Å². The van der Waals surface area contributed by atoms with Gasteiger partial charge in [0.15, 0.2) is 5.60 Å². The highest BCUT2D eigenvalue weighted by Crippen LogP contribution is 2.31. The van der Waals surface area contributed by atoms with E-state index in [0.717, 1.165) is 12.8 Å². The monoisotopic (exact) mass is 139 g/mol. The molecular weight excluding hydrogens is 126 g/mol. The van der Waals surface area contributed by atoms with Crippen molar-refractivity contribution in [1.82, 2.24) is 0 Å². The van der Waals surface area contributed by atoms with E-state index in [-0.39, 0.29) is 0 Å². The van der Waals surface area contributed by atoms with Crippen LogP contribution in [0.5, 0.6) is 0 Å². The predicted octanol–water partition coefficient (Wildman–Crippen LogP) is 1.45. The quantitative estimate of drug-likeness (QED) is 0.516. The van der Waals surface area contributed by atoms with E-state index in [1.807, 2.05) is 6.07 Å². The smallest absolute Gasteiger partial charge is 0.151 e. The lowest BCUT2D eigenvalue weighted by atomic mass is 9.80. The van der Waals surface area contributed by atoms with Gasteiger partial charge < -0.3 is 5.11 Å². The van der Waals surface area contributed by atoms with E-state index in [2.05, 4.69) is 6.92 Å². The fourth-order valence-electron chi connectivity index (χ4n) is 1.63. The summed E-state index contributed by atoms with van der Waals surface area (Å²) in [6, 6.07) is 1.97. The Kier molecular flexibility index (Phi) is 1.96. The van der Waals surface area contributed by atoms with Crippen LogP contribution in [-0.2, 0) is 0 Å². The first kappa shape index (κ1) is 7.56. The Balaban J connectivity index is 2.56. The van der Waals surface area contributed by atoms with Crippen molar-refractivity contribution >= 4 is 0 Å². The Bertz CT molecular complexity index is 161. The minimum Gasteiger partial charge on any atom is -0.375 e. The van der Waals surface area contributed by atoms with Gasteiger partial charge >= 0.3 is 0 Å². The normalized spacial score (nSPS) is 40.7. The second-order valence-corrected chi connectivity index (χ2v) is 3.34. The number of rotatable bonds is 0. The van der Waals surface area contributed by atoms with Crippen molar-refractivity contribution in [3.63, 3.8) is 0 Å². The molecule has 2 nitrogen and oxygen atoms in total. The zero-order chi connectivity index (χ0) is 7.61. The molecule has 1 fully saturated rings. The molecule has 0 unspecified atom stereocenters. The second-order valence-electron chi connectivity index (χ2n) is 3.34. The molecule has 1 N–H and O–H groups in total. The van der Waals surface area contributed by atoms with Crippen molar-refractivity contribution in [1.29, 1.82) is 5.26 Å². The van der Waals surface area contributed by atoms with Crippen LogP contribution in [0, 0.1) is 17.2 Å². The highest BCUT2D eigenvalue weighted by molar-refractivity contribution is 5.02. The summed E-state index contributed by atoms with van der Waals surface area (Å²) in [5, 5.41) is 18.1. The minimum absolute atomic E-state index is 0.512. The molecular formula is C8H13NO. The third kappa shape index (κ3) is 1.48. The summed E-state index contributed by atoms with van der Waals surface area (Å²) < 4.78 is 0. The Hall–Kier alpha value is -0.550. The van der Waals surface area contributed by atoms with Gasteiger partial charge in [-0.05, 0) is 25.2 Å². The number of nitriles is 1. The maximum Gasteiger partial charge on any atom is 0.151 e. The molecule has 1 aliphatic carbocycles. The summed E-state index contributed by atoms with van der Waals surface area (Å²) in [4.78, 5) is 0. The number of aliphatic hydroxyl groups is 1. The van der Waals surface area contributed by atoms with Crippen molar-refractivity contribution < 1.29 is 5.11 Å². The third-order valence-electron chi connectivity index (χ3n) is 2.18. The van der Waals surface area contributed by atoms with Crippen LogP contribution < -0.4 is 0 Å². The summed E-state index contributed by atoms with van der Waals surface area (Å²) in [7, 11) is 0. The molecule has 0 spiro atoms. The molecule has 0 aromatic heterocycles. The lowest BCUT2D eigenvalue weighted by Crippen LogP contribution is -2.32. The van der Waals surface area contributed by atoms with Crippen LogP contribution in [0.1, 0.15) is 32.6 Å². The lowest BCUT2D eigenvalue weighted by Gasteiger charge is -2.29. The first-order valence-electron chi connectivity index (χ1n) is 3.80. The van der Waals surface area contributed by atoms with Crippen molar-refractivity contribution in [2.45, 2.75) is 38.2 Å². The van der Waals surface area contributed by atoms with E-state index >= 15 is 0 Å². The molecule has 0 aromatic carbocycles. The summed E-state index contributed by atoms with van der Waals surface area (Å²) in [6.45, 7) is 2.08. The van der Waals surface area contributed by atoms with E-state index in [1.165, 1.54) is 0 Å². The van der Waals surface area contributed by atoms with Gasteiger partial charge in [0.2, 0.25) is 0 Å². The summed E-state index contributed by atoms with van der Waals surface area (Å²) in [5.74, 6) is 0.512. The topological polar surface area (TPSA) is 44.0 Å². The van der Waals surface area contributed by atoms with Gasteiger partial charge in [-0.25, -0.2) is 0 Å². The Labute approximate surface area is 61.5 Å². The van der Waals surface area contributed by atoms with E-state index in [9.17, 15) is 5.11 Å². The van der Waals surface area contributed by atoms with Crippen LogP contribution in [0.2, 0.25) is 0 Å². The molecule has 0 heterocycles. The maximum absolute atomic E-state index is 9.49. The molecule has 56 valence electrons. The fourth-order valence-corrected chi connectivity index (χ4v) is 1.63. The van der Waals surface area contributed by atoms with Gasteiger partial charge in [-0.1, -0.05) is 13.3 Å². The van der Waals surface area contributed by atoms with Gasteiger partial charge in [-0.2, -0.15) is 5.26 Å². The molecule has 0 amide bonds. The van der Waals surface area contributed by atoms with E-state index in [1.54, 1.807) is 0 Å². The van der Waals surface area contributed by atoms with Crippen LogP contribution >= 0.6 is 0 Å². The van der Waals surface area contributed by atoms with Gasteiger partial charge in [0.05, 0.1) is 6.07 Å². The zero-order valence-corrected chi connectivity index (χ0v) is 6.30. The first-order chi connectivity index (χ1) is 4.66. The third-order valence-corrected chi connectivity index (χ3v) is 2.18. The highest BCUT2D eigenvalue weighted by atomic mass is 16.3. The minimum atomic E-state index is -1.00. The largest absolute Gasteiger partial charge is 0.375 e. The second kappa shape index (κ2) is 2.59. The molecule has 0 aromatic rings. The molecule has 1 saturated carbocycles. The molecule has 0 aliphatic heterocycles. The standard InChI is InChI=1S/C8H13NO/c1-7-3-2-4-8(10,5-7)6-9/h7,10H,2-5H2,1H3/t7-,8+/m1/s1. The van der Waals surface area contributed by atoms with Crippen LogP contribution in [0.3, 0.4) is 0 Å². The molecule has 0 saturated heterocycles. The van der Waals surface area contributed by atoms with Crippen LogP contribution in [0.25, 0.3) is 0 Å². The fraction of sp³-hybridized carbons (Fsp3) is 0.875.